The molecule has 164 valence electrons. The molecule has 1 aromatic carbocycles. The molecule has 0 bridgehead atoms. The molecule has 0 radical (unpaired) electrons. The molecular formula is C20H20N8O3S. The first kappa shape index (κ1) is 20.3. The van der Waals surface area contributed by atoms with Gasteiger partial charge in [-0.05, 0) is 24.3 Å². The smallest absolute Gasteiger partial charge is 0.244 e. The average Bonchev–Trinajstić information content (AvgIpc) is 3.29. The molecular weight excluding hydrogens is 432 g/mol. The first-order valence-electron chi connectivity index (χ1n) is 9.94. The maximum atomic E-state index is 12.9. The Bertz CT molecular complexity index is 1350. The Labute approximate surface area is 184 Å². The zero-order valence-electron chi connectivity index (χ0n) is 17.2. The molecule has 5 rings (SSSR count). The third-order valence-electron chi connectivity index (χ3n) is 5.33. The molecule has 4 heterocycles. The quantitative estimate of drug-likeness (QED) is 0.439. The fourth-order valence-electron chi connectivity index (χ4n) is 3.67. The summed E-state index contributed by atoms with van der Waals surface area (Å²) in [5.74, 6) is 1.33. The Morgan fingerprint density at radius 3 is 2.62 bits per heavy atom. The van der Waals surface area contributed by atoms with E-state index in [1.54, 1.807) is 30.1 Å². The molecule has 0 spiro atoms. The van der Waals surface area contributed by atoms with Crippen LogP contribution in [0, 0.1) is 0 Å². The van der Waals surface area contributed by atoms with Gasteiger partial charge in [0.15, 0.2) is 17.0 Å². The van der Waals surface area contributed by atoms with E-state index in [9.17, 15) is 8.42 Å². The number of pyridine rings is 1. The van der Waals surface area contributed by atoms with Crippen LogP contribution in [0.15, 0.2) is 60.0 Å². The van der Waals surface area contributed by atoms with E-state index in [-0.39, 0.29) is 4.90 Å². The number of benzene rings is 1. The second-order valence-corrected chi connectivity index (χ2v) is 9.09. The number of rotatable bonds is 5. The predicted molar refractivity (Wildman–Crippen MR) is 116 cm³/mol. The summed E-state index contributed by atoms with van der Waals surface area (Å²) >= 11 is 0. The average molecular weight is 453 g/mol. The Kier molecular flexibility index (Phi) is 5.15. The standard InChI is InChI=1S/C20H20N8O3S/c1-31-16-5-2-4-15(12-16)28-20-18(24-25-28)19(22-14-23-20)26-8-10-27(11-9-26)32(29,30)17-6-3-7-21-13-17/h2-7,12-14H,8-11H2,1H3. The summed E-state index contributed by atoms with van der Waals surface area (Å²) in [5, 5.41) is 8.57. The zero-order chi connectivity index (χ0) is 22.1. The van der Waals surface area contributed by atoms with Crippen molar-refractivity contribution in [3.8, 4) is 11.4 Å². The number of piperazine rings is 1. The van der Waals surface area contributed by atoms with Gasteiger partial charge in [-0.25, -0.2) is 18.4 Å². The lowest BCUT2D eigenvalue weighted by atomic mass is 10.3. The monoisotopic (exact) mass is 452 g/mol. The minimum absolute atomic E-state index is 0.194. The van der Waals surface area contributed by atoms with Crippen LogP contribution in [0.3, 0.4) is 0 Å². The lowest BCUT2D eigenvalue weighted by molar-refractivity contribution is 0.384. The number of nitrogens with zero attached hydrogens (tertiary/aromatic N) is 8. The second-order valence-electron chi connectivity index (χ2n) is 7.15. The lowest BCUT2D eigenvalue weighted by Crippen LogP contribution is -2.49. The van der Waals surface area contributed by atoms with Crippen LogP contribution < -0.4 is 9.64 Å². The summed E-state index contributed by atoms with van der Waals surface area (Å²) in [7, 11) is -1.98. The van der Waals surface area contributed by atoms with Crippen molar-refractivity contribution in [3.63, 3.8) is 0 Å². The number of fused-ring (bicyclic) bond motifs is 1. The van der Waals surface area contributed by atoms with Gasteiger partial charge in [0, 0.05) is 44.6 Å². The first-order valence-corrected chi connectivity index (χ1v) is 11.4. The van der Waals surface area contributed by atoms with Gasteiger partial charge in [-0.3, -0.25) is 4.98 Å². The maximum absolute atomic E-state index is 12.9. The molecule has 4 aromatic rings. The molecule has 32 heavy (non-hydrogen) atoms. The van der Waals surface area contributed by atoms with E-state index in [1.807, 2.05) is 29.2 Å². The van der Waals surface area contributed by atoms with E-state index in [0.717, 1.165) is 5.69 Å². The van der Waals surface area contributed by atoms with Crippen LogP contribution in [0.2, 0.25) is 0 Å². The number of methoxy groups -OCH3 is 1. The number of anilines is 1. The third kappa shape index (κ3) is 3.52. The molecule has 0 saturated carbocycles. The number of ether oxygens (including phenoxy) is 1. The van der Waals surface area contributed by atoms with Gasteiger partial charge in [0.05, 0.1) is 12.8 Å². The highest BCUT2D eigenvalue weighted by atomic mass is 32.2. The van der Waals surface area contributed by atoms with Crippen molar-refractivity contribution in [1.29, 1.82) is 0 Å². The molecule has 1 saturated heterocycles. The SMILES string of the molecule is COc1cccc(-n2nnc3c(N4CCN(S(=O)(=O)c5cccnc5)CC4)ncnc32)c1. The van der Waals surface area contributed by atoms with Gasteiger partial charge < -0.3 is 9.64 Å². The third-order valence-corrected chi connectivity index (χ3v) is 7.21. The Morgan fingerprint density at radius 1 is 1.03 bits per heavy atom. The van der Waals surface area contributed by atoms with Gasteiger partial charge in [0.1, 0.15) is 17.0 Å². The Morgan fingerprint density at radius 2 is 1.88 bits per heavy atom. The second kappa shape index (κ2) is 8.13. The number of hydrogen-bond donors (Lipinski definition) is 0. The summed E-state index contributed by atoms with van der Waals surface area (Å²) in [6.45, 7) is 1.59. The first-order chi connectivity index (χ1) is 15.6. The molecule has 1 aliphatic heterocycles. The Hall–Kier alpha value is -3.64. The molecule has 12 heteroatoms. The molecule has 0 aliphatic carbocycles. The van der Waals surface area contributed by atoms with E-state index in [2.05, 4.69) is 25.3 Å². The van der Waals surface area contributed by atoms with Crippen LogP contribution in [0.1, 0.15) is 0 Å². The summed E-state index contributed by atoms with van der Waals surface area (Å²) in [6.07, 6.45) is 4.39. The maximum Gasteiger partial charge on any atom is 0.244 e. The fourth-order valence-corrected chi connectivity index (χ4v) is 5.06. The van der Waals surface area contributed by atoms with E-state index in [4.69, 9.17) is 4.74 Å². The molecule has 1 aliphatic rings. The van der Waals surface area contributed by atoms with Crippen LogP contribution >= 0.6 is 0 Å². The van der Waals surface area contributed by atoms with Gasteiger partial charge in [0.25, 0.3) is 0 Å². The minimum Gasteiger partial charge on any atom is -0.497 e. The van der Waals surface area contributed by atoms with E-state index in [0.29, 0.717) is 48.9 Å². The minimum atomic E-state index is -3.58. The van der Waals surface area contributed by atoms with Gasteiger partial charge >= 0.3 is 0 Å². The lowest BCUT2D eigenvalue weighted by Gasteiger charge is -2.34. The van der Waals surface area contributed by atoms with Gasteiger partial charge in [0.2, 0.25) is 10.0 Å². The number of sulfonamides is 1. The van der Waals surface area contributed by atoms with Gasteiger partial charge in [-0.1, -0.05) is 11.3 Å². The zero-order valence-corrected chi connectivity index (χ0v) is 18.1. The van der Waals surface area contributed by atoms with Crippen LogP contribution in [-0.2, 0) is 10.0 Å². The highest BCUT2D eigenvalue weighted by Crippen LogP contribution is 2.26. The fraction of sp³-hybridized carbons (Fsp3) is 0.250. The molecule has 11 nitrogen and oxygen atoms in total. The molecule has 0 atom stereocenters. The van der Waals surface area contributed by atoms with Crippen LogP contribution in [-0.4, -0.2) is 76.0 Å². The van der Waals surface area contributed by atoms with E-state index in [1.165, 1.54) is 16.8 Å². The van der Waals surface area contributed by atoms with Gasteiger partial charge in [-0.15, -0.1) is 5.10 Å². The summed E-state index contributed by atoms with van der Waals surface area (Å²) < 4.78 is 34.1. The van der Waals surface area contributed by atoms with Crippen molar-refractivity contribution >= 4 is 27.0 Å². The number of aromatic nitrogens is 6. The van der Waals surface area contributed by atoms with Crippen molar-refractivity contribution in [1.82, 2.24) is 34.3 Å². The highest BCUT2D eigenvalue weighted by Gasteiger charge is 2.30. The summed E-state index contributed by atoms with van der Waals surface area (Å²) in [4.78, 5) is 14.9. The molecule has 1 fully saturated rings. The van der Waals surface area contributed by atoms with Crippen molar-refractivity contribution in [2.24, 2.45) is 0 Å². The van der Waals surface area contributed by atoms with Gasteiger partial charge in [-0.2, -0.15) is 8.99 Å². The molecule has 3 aromatic heterocycles. The summed E-state index contributed by atoms with van der Waals surface area (Å²) in [5.41, 5.74) is 1.89. The van der Waals surface area contributed by atoms with Crippen LogP contribution in [0.4, 0.5) is 5.82 Å². The van der Waals surface area contributed by atoms with Crippen molar-refractivity contribution < 1.29 is 13.2 Å². The topological polar surface area (TPSA) is 119 Å². The predicted octanol–water partition coefficient (Wildman–Crippen LogP) is 1.12. The highest BCUT2D eigenvalue weighted by molar-refractivity contribution is 7.89. The molecule has 0 unspecified atom stereocenters. The van der Waals surface area contributed by atoms with Crippen molar-refractivity contribution in [3.05, 3.63) is 55.1 Å². The normalized spacial score (nSPS) is 15.2. The molecule has 0 N–H and O–H groups in total. The molecule has 0 amide bonds. The summed E-state index contributed by atoms with van der Waals surface area (Å²) in [6, 6.07) is 10.6. The van der Waals surface area contributed by atoms with Crippen LogP contribution in [0.5, 0.6) is 5.75 Å². The Balaban J connectivity index is 1.40. The van der Waals surface area contributed by atoms with Crippen molar-refractivity contribution in [2.45, 2.75) is 4.90 Å². The largest absolute Gasteiger partial charge is 0.497 e. The van der Waals surface area contributed by atoms with Crippen LogP contribution in [0.25, 0.3) is 16.9 Å². The number of hydrogen-bond acceptors (Lipinski definition) is 9. The van der Waals surface area contributed by atoms with E-state index < -0.39 is 10.0 Å². The van der Waals surface area contributed by atoms with Crippen molar-refractivity contribution in [2.75, 3.05) is 38.2 Å². The van der Waals surface area contributed by atoms with E-state index >= 15 is 0 Å².